The molecule has 2 N–H and O–H groups in total. The van der Waals surface area contributed by atoms with Gasteiger partial charge in [-0.2, -0.15) is 0 Å². The first-order chi connectivity index (χ1) is 11.4. The summed E-state index contributed by atoms with van der Waals surface area (Å²) >= 11 is 0. The van der Waals surface area contributed by atoms with Crippen molar-refractivity contribution in [2.45, 2.75) is 26.4 Å². The molecule has 2 fully saturated rings. The van der Waals surface area contributed by atoms with Crippen LogP contribution in [0, 0.1) is 13.8 Å². The van der Waals surface area contributed by atoms with E-state index in [9.17, 15) is 9.59 Å². The second-order valence-electron chi connectivity index (χ2n) is 6.67. The first-order valence-electron chi connectivity index (χ1n) is 8.35. The standard InChI is InChI=1S/C17H25N3O4/c1-11-14(12(2)19-15(11)13(3)21)16(22)20-5-7-24-17(9-20)8-18-4-6-23-10-17/h18-19H,4-10H2,1-3H3/t17-/m1/s1. The minimum absolute atomic E-state index is 0.0549. The van der Waals surface area contributed by atoms with Gasteiger partial charge in [0.1, 0.15) is 5.60 Å². The Kier molecular flexibility index (Phi) is 4.76. The number of hydrogen-bond acceptors (Lipinski definition) is 5. The molecule has 1 atom stereocenters. The number of hydrogen-bond donors (Lipinski definition) is 2. The zero-order valence-electron chi connectivity index (χ0n) is 14.5. The summed E-state index contributed by atoms with van der Waals surface area (Å²) in [6.07, 6.45) is 0. The van der Waals surface area contributed by atoms with E-state index in [-0.39, 0.29) is 11.7 Å². The number of ether oxygens (including phenoxy) is 2. The third-order valence-corrected chi connectivity index (χ3v) is 4.77. The van der Waals surface area contributed by atoms with Crippen LogP contribution in [-0.4, -0.2) is 73.2 Å². The Morgan fingerprint density at radius 2 is 2.04 bits per heavy atom. The van der Waals surface area contributed by atoms with Crippen LogP contribution in [0.15, 0.2) is 0 Å². The molecule has 0 unspecified atom stereocenters. The molecule has 1 aromatic heterocycles. The maximum absolute atomic E-state index is 13.1. The SMILES string of the molecule is CC(=O)c1[nH]c(C)c(C(=O)N2CCO[C@]3(CNCCOC3)C2)c1C. The molecule has 0 aromatic carbocycles. The lowest BCUT2D eigenvalue weighted by atomic mass is 10.0. The number of carbonyl (C=O) groups is 2. The minimum atomic E-state index is -0.494. The van der Waals surface area contributed by atoms with Crippen LogP contribution < -0.4 is 5.32 Å². The number of aromatic amines is 1. The van der Waals surface area contributed by atoms with E-state index < -0.39 is 5.60 Å². The third kappa shape index (κ3) is 3.11. The predicted molar refractivity (Wildman–Crippen MR) is 88.5 cm³/mol. The molecular weight excluding hydrogens is 310 g/mol. The largest absolute Gasteiger partial charge is 0.377 e. The fourth-order valence-electron chi connectivity index (χ4n) is 3.56. The van der Waals surface area contributed by atoms with Crippen molar-refractivity contribution in [3.63, 3.8) is 0 Å². The van der Waals surface area contributed by atoms with Gasteiger partial charge in [-0.25, -0.2) is 0 Å². The highest BCUT2D eigenvalue weighted by molar-refractivity contribution is 6.02. The van der Waals surface area contributed by atoms with Crippen molar-refractivity contribution >= 4 is 11.7 Å². The summed E-state index contributed by atoms with van der Waals surface area (Å²) in [5.41, 5.74) is 2.07. The van der Waals surface area contributed by atoms with Gasteiger partial charge in [0.05, 0.1) is 37.6 Å². The van der Waals surface area contributed by atoms with Crippen LogP contribution in [0.4, 0.5) is 0 Å². The number of amides is 1. The van der Waals surface area contributed by atoms with Crippen molar-refractivity contribution in [1.82, 2.24) is 15.2 Å². The molecule has 1 spiro atoms. The molecule has 7 heteroatoms. The number of ketones is 1. The van der Waals surface area contributed by atoms with Crippen LogP contribution in [0.5, 0.6) is 0 Å². The quantitative estimate of drug-likeness (QED) is 0.776. The lowest BCUT2D eigenvalue weighted by Crippen LogP contribution is -2.59. The fraction of sp³-hybridized carbons (Fsp3) is 0.647. The maximum Gasteiger partial charge on any atom is 0.256 e. The number of aromatic nitrogens is 1. The normalized spacial score (nSPS) is 24.9. The van der Waals surface area contributed by atoms with Gasteiger partial charge in [0, 0.05) is 32.3 Å². The summed E-state index contributed by atoms with van der Waals surface area (Å²) < 4.78 is 11.6. The first kappa shape index (κ1) is 17.1. The minimum Gasteiger partial charge on any atom is -0.377 e. The summed E-state index contributed by atoms with van der Waals surface area (Å²) in [4.78, 5) is 29.6. The van der Waals surface area contributed by atoms with E-state index in [1.54, 1.807) is 0 Å². The number of carbonyl (C=O) groups excluding carboxylic acids is 2. The molecule has 2 aliphatic rings. The van der Waals surface area contributed by atoms with Crippen molar-refractivity contribution in [2.24, 2.45) is 0 Å². The molecule has 1 amide bonds. The van der Waals surface area contributed by atoms with Crippen LogP contribution >= 0.6 is 0 Å². The lowest BCUT2D eigenvalue weighted by Gasteiger charge is -2.41. The smallest absolute Gasteiger partial charge is 0.256 e. The van der Waals surface area contributed by atoms with E-state index in [2.05, 4.69) is 10.3 Å². The van der Waals surface area contributed by atoms with Crippen LogP contribution in [0.1, 0.15) is 39.0 Å². The van der Waals surface area contributed by atoms with Gasteiger partial charge in [-0.1, -0.05) is 0 Å². The molecule has 7 nitrogen and oxygen atoms in total. The molecule has 1 aromatic rings. The Bertz CT molecular complexity index is 645. The molecule has 0 aliphatic carbocycles. The highest BCUT2D eigenvalue weighted by atomic mass is 16.5. The zero-order valence-corrected chi connectivity index (χ0v) is 14.5. The number of rotatable bonds is 2. The molecular formula is C17H25N3O4. The number of morpholine rings is 1. The molecule has 3 rings (SSSR count). The second kappa shape index (κ2) is 6.66. The molecule has 24 heavy (non-hydrogen) atoms. The molecule has 0 bridgehead atoms. The Labute approximate surface area is 141 Å². The molecule has 0 saturated carbocycles. The summed E-state index contributed by atoms with van der Waals surface area (Å²) in [6, 6.07) is 0. The van der Waals surface area contributed by atoms with E-state index in [0.29, 0.717) is 50.7 Å². The highest BCUT2D eigenvalue weighted by Crippen LogP contribution is 2.25. The Hall–Kier alpha value is -1.70. The van der Waals surface area contributed by atoms with Crippen molar-refractivity contribution in [2.75, 3.05) is 46.0 Å². The van der Waals surface area contributed by atoms with Gasteiger partial charge in [-0.05, 0) is 19.4 Å². The average molecular weight is 335 g/mol. The van der Waals surface area contributed by atoms with E-state index in [0.717, 1.165) is 17.8 Å². The monoisotopic (exact) mass is 335 g/mol. The van der Waals surface area contributed by atoms with Crippen molar-refractivity contribution in [3.8, 4) is 0 Å². The Morgan fingerprint density at radius 1 is 1.25 bits per heavy atom. The highest BCUT2D eigenvalue weighted by Gasteiger charge is 2.40. The van der Waals surface area contributed by atoms with Crippen LogP contribution in [0.25, 0.3) is 0 Å². The number of nitrogens with zero attached hydrogens (tertiary/aromatic N) is 1. The fourth-order valence-corrected chi connectivity index (χ4v) is 3.56. The molecule has 3 heterocycles. The van der Waals surface area contributed by atoms with E-state index in [1.807, 2.05) is 18.7 Å². The second-order valence-corrected chi connectivity index (χ2v) is 6.67. The van der Waals surface area contributed by atoms with E-state index in [1.165, 1.54) is 6.92 Å². The van der Waals surface area contributed by atoms with Gasteiger partial charge in [0.15, 0.2) is 5.78 Å². The van der Waals surface area contributed by atoms with Crippen molar-refractivity contribution < 1.29 is 19.1 Å². The predicted octanol–water partition coefficient (Wildman–Crippen LogP) is 0.665. The van der Waals surface area contributed by atoms with Crippen LogP contribution in [0.2, 0.25) is 0 Å². The third-order valence-electron chi connectivity index (χ3n) is 4.77. The molecule has 0 radical (unpaired) electrons. The number of H-pyrrole nitrogens is 1. The summed E-state index contributed by atoms with van der Waals surface area (Å²) in [7, 11) is 0. The first-order valence-corrected chi connectivity index (χ1v) is 8.35. The Morgan fingerprint density at radius 3 is 2.75 bits per heavy atom. The summed E-state index contributed by atoms with van der Waals surface area (Å²) in [5.74, 6) is -0.116. The number of aryl methyl sites for hydroxylation is 1. The molecule has 132 valence electrons. The summed E-state index contributed by atoms with van der Waals surface area (Å²) in [5, 5.41) is 3.31. The van der Waals surface area contributed by atoms with Gasteiger partial charge < -0.3 is 24.7 Å². The molecule has 2 saturated heterocycles. The van der Waals surface area contributed by atoms with Gasteiger partial charge in [-0.3, -0.25) is 9.59 Å². The van der Waals surface area contributed by atoms with E-state index >= 15 is 0 Å². The van der Waals surface area contributed by atoms with Crippen LogP contribution in [-0.2, 0) is 9.47 Å². The zero-order chi connectivity index (χ0) is 17.3. The summed E-state index contributed by atoms with van der Waals surface area (Å²) in [6.45, 7) is 9.25. The van der Waals surface area contributed by atoms with Gasteiger partial charge >= 0.3 is 0 Å². The number of Topliss-reactive ketones (excluding diaryl/α,β-unsaturated/α-hetero) is 1. The van der Waals surface area contributed by atoms with Gasteiger partial charge in [-0.15, -0.1) is 0 Å². The van der Waals surface area contributed by atoms with Gasteiger partial charge in [0.2, 0.25) is 0 Å². The maximum atomic E-state index is 13.1. The Balaban J connectivity index is 1.83. The van der Waals surface area contributed by atoms with Crippen LogP contribution in [0.3, 0.4) is 0 Å². The topological polar surface area (TPSA) is 83.7 Å². The van der Waals surface area contributed by atoms with E-state index in [4.69, 9.17) is 9.47 Å². The van der Waals surface area contributed by atoms with Gasteiger partial charge in [0.25, 0.3) is 5.91 Å². The van der Waals surface area contributed by atoms with Crippen molar-refractivity contribution in [1.29, 1.82) is 0 Å². The molecule has 2 aliphatic heterocycles. The average Bonchev–Trinajstić information content (AvgIpc) is 2.71. The van der Waals surface area contributed by atoms with Crippen molar-refractivity contribution in [3.05, 3.63) is 22.5 Å². The number of nitrogens with one attached hydrogen (secondary N) is 2. The lowest BCUT2D eigenvalue weighted by molar-refractivity contribution is -0.125.